The monoisotopic (exact) mass is 448 g/mol. The Morgan fingerprint density at radius 2 is 1.45 bits per heavy atom. The highest BCUT2D eigenvalue weighted by atomic mass is 16.6. The number of piperazine rings is 1. The zero-order valence-corrected chi connectivity index (χ0v) is 18.7. The van der Waals surface area contributed by atoms with E-state index in [2.05, 4.69) is 33.0 Å². The molecule has 1 aliphatic rings. The van der Waals surface area contributed by atoms with E-state index in [0.29, 0.717) is 18.1 Å². The minimum Gasteiger partial charge on any atom is -0.493 e. The van der Waals surface area contributed by atoms with Gasteiger partial charge in [-0.05, 0) is 53.1 Å². The number of nitro groups is 1. The summed E-state index contributed by atoms with van der Waals surface area (Å²) in [4.78, 5) is 19.4. The first-order valence-corrected chi connectivity index (χ1v) is 11.0. The average molecular weight is 449 g/mol. The van der Waals surface area contributed by atoms with Crippen molar-refractivity contribution in [2.24, 2.45) is 0 Å². The second-order valence-corrected chi connectivity index (χ2v) is 8.11. The molecule has 172 valence electrons. The maximum atomic E-state index is 10.8. The van der Waals surface area contributed by atoms with Crippen molar-refractivity contribution in [2.45, 2.75) is 19.7 Å². The minimum absolute atomic E-state index is 0.0684. The fraction of sp³-hybridized carbons (Fsp3) is 0.320. The van der Waals surface area contributed by atoms with Crippen LogP contribution >= 0.6 is 0 Å². The van der Waals surface area contributed by atoms with Crippen LogP contribution in [0.2, 0.25) is 0 Å². The number of hydrogen-bond acceptors (Lipinski definition) is 7. The van der Waals surface area contributed by atoms with Gasteiger partial charge in [-0.15, -0.1) is 0 Å². The van der Waals surface area contributed by atoms with Gasteiger partial charge in [-0.25, -0.2) is 0 Å². The molecule has 2 aromatic carbocycles. The first kappa shape index (κ1) is 22.7. The Balaban J connectivity index is 1.29. The van der Waals surface area contributed by atoms with E-state index in [4.69, 9.17) is 9.47 Å². The molecule has 0 N–H and O–H groups in total. The van der Waals surface area contributed by atoms with Crippen molar-refractivity contribution in [1.29, 1.82) is 0 Å². The van der Waals surface area contributed by atoms with Gasteiger partial charge < -0.3 is 9.47 Å². The summed E-state index contributed by atoms with van der Waals surface area (Å²) in [5, 5.41) is 10.8. The average Bonchev–Trinajstić information content (AvgIpc) is 2.85. The van der Waals surface area contributed by atoms with Crippen LogP contribution in [-0.2, 0) is 19.7 Å². The van der Waals surface area contributed by atoms with Crippen LogP contribution in [-0.4, -0.2) is 53.0 Å². The summed E-state index contributed by atoms with van der Waals surface area (Å²) in [6.07, 6.45) is 3.69. The lowest BCUT2D eigenvalue weighted by Gasteiger charge is -2.34. The number of aromatic nitrogens is 1. The second kappa shape index (κ2) is 10.9. The maximum Gasteiger partial charge on any atom is 0.269 e. The lowest BCUT2D eigenvalue weighted by atomic mass is 10.1. The topological polar surface area (TPSA) is 81.0 Å². The summed E-state index contributed by atoms with van der Waals surface area (Å²) in [7, 11) is 1.63. The van der Waals surface area contributed by atoms with Gasteiger partial charge in [-0.3, -0.25) is 24.9 Å². The molecule has 3 aromatic rings. The summed E-state index contributed by atoms with van der Waals surface area (Å²) in [6, 6.07) is 16.5. The molecular formula is C25H28N4O4. The third kappa shape index (κ3) is 6.27. The number of methoxy groups -OCH3 is 1. The van der Waals surface area contributed by atoms with Crippen LogP contribution in [0.1, 0.15) is 16.7 Å². The molecule has 1 saturated heterocycles. The van der Waals surface area contributed by atoms with Crippen LogP contribution in [0.5, 0.6) is 11.5 Å². The van der Waals surface area contributed by atoms with Crippen LogP contribution in [0.25, 0.3) is 0 Å². The lowest BCUT2D eigenvalue weighted by molar-refractivity contribution is -0.384. The number of pyridine rings is 1. The summed E-state index contributed by atoms with van der Waals surface area (Å²) in [5.41, 5.74) is 3.40. The Labute approximate surface area is 193 Å². The van der Waals surface area contributed by atoms with Gasteiger partial charge in [0, 0.05) is 63.8 Å². The highest BCUT2D eigenvalue weighted by Gasteiger charge is 2.18. The van der Waals surface area contributed by atoms with Crippen LogP contribution in [0.15, 0.2) is 67.0 Å². The molecule has 4 rings (SSSR count). The zero-order valence-electron chi connectivity index (χ0n) is 18.7. The van der Waals surface area contributed by atoms with E-state index in [1.54, 1.807) is 19.2 Å². The van der Waals surface area contributed by atoms with Crippen LogP contribution in [0.4, 0.5) is 5.69 Å². The molecule has 1 aromatic heterocycles. The molecule has 8 nitrogen and oxygen atoms in total. The first-order chi connectivity index (χ1) is 16.1. The molecule has 0 spiro atoms. The Hall–Kier alpha value is -3.49. The number of non-ortho nitro benzene ring substituents is 1. The third-order valence-electron chi connectivity index (χ3n) is 5.80. The fourth-order valence-corrected chi connectivity index (χ4v) is 3.91. The Bertz CT molecular complexity index is 1050. The van der Waals surface area contributed by atoms with E-state index < -0.39 is 4.92 Å². The number of ether oxygens (including phenoxy) is 2. The number of nitrogens with zero attached hydrogens (tertiary/aromatic N) is 4. The van der Waals surface area contributed by atoms with E-state index in [9.17, 15) is 10.1 Å². The molecule has 0 atom stereocenters. The molecule has 2 heterocycles. The standard InChI is InChI=1S/C25H28N4O4/c1-32-25-16-22(4-7-24(25)33-19-21-2-5-23(6-3-21)29(30)31)18-28-14-12-27(13-15-28)17-20-8-10-26-11-9-20/h2-11,16H,12-15,17-19H2,1H3. The molecule has 33 heavy (non-hydrogen) atoms. The number of nitro benzene ring substituents is 1. The molecule has 0 saturated carbocycles. The van der Waals surface area contributed by atoms with E-state index >= 15 is 0 Å². The third-order valence-corrected chi connectivity index (χ3v) is 5.80. The zero-order chi connectivity index (χ0) is 23.0. The molecule has 0 radical (unpaired) electrons. The molecule has 0 unspecified atom stereocenters. The lowest BCUT2D eigenvalue weighted by Crippen LogP contribution is -2.45. The van der Waals surface area contributed by atoms with Gasteiger partial charge in [0.2, 0.25) is 0 Å². The number of hydrogen-bond donors (Lipinski definition) is 0. The van der Waals surface area contributed by atoms with Gasteiger partial charge in [0.1, 0.15) is 6.61 Å². The van der Waals surface area contributed by atoms with Gasteiger partial charge in [0.15, 0.2) is 11.5 Å². The van der Waals surface area contributed by atoms with Crippen LogP contribution in [0.3, 0.4) is 0 Å². The normalized spacial score (nSPS) is 14.7. The van der Waals surface area contributed by atoms with E-state index in [1.165, 1.54) is 23.3 Å². The number of rotatable bonds is 9. The molecule has 1 aliphatic heterocycles. The molecule has 1 fully saturated rings. The predicted molar refractivity (Wildman–Crippen MR) is 125 cm³/mol. The second-order valence-electron chi connectivity index (χ2n) is 8.11. The van der Waals surface area contributed by atoms with Crippen molar-refractivity contribution in [2.75, 3.05) is 33.3 Å². The first-order valence-electron chi connectivity index (χ1n) is 11.0. The Kier molecular flexibility index (Phi) is 7.49. The van der Waals surface area contributed by atoms with E-state index in [1.807, 2.05) is 24.5 Å². The van der Waals surface area contributed by atoms with Gasteiger partial charge in [0.25, 0.3) is 5.69 Å². The molecule has 0 aliphatic carbocycles. The fourth-order valence-electron chi connectivity index (χ4n) is 3.91. The summed E-state index contributed by atoms with van der Waals surface area (Å²) < 4.78 is 11.5. The van der Waals surface area contributed by atoms with Crippen LogP contribution < -0.4 is 9.47 Å². The Morgan fingerprint density at radius 3 is 2.06 bits per heavy atom. The molecule has 8 heteroatoms. The van der Waals surface area contributed by atoms with Crippen LogP contribution in [0, 0.1) is 10.1 Å². The highest BCUT2D eigenvalue weighted by Crippen LogP contribution is 2.29. The van der Waals surface area contributed by atoms with E-state index in [0.717, 1.165) is 44.8 Å². The van der Waals surface area contributed by atoms with Crippen molar-refractivity contribution in [3.63, 3.8) is 0 Å². The largest absolute Gasteiger partial charge is 0.493 e. The van der Waals surface area contributed by atoms with Crippen molar-refractivity contribution in [3.8, 4) is 11.5 Å². The smallest absolute Gasteiger partial charge is 0.269 e. The summed E-state index contributed by atoms with van der Waals surface area (Å²) in [5.74, 6) is 1.34. The molecule has 0 bridgehead atoms. The SMILES string of the molecule is COc1cc(CN2CCN(Cc3ccncc3)CC2)ccc1OCc1ccc([N+](=O)[O-])cc1. The van der Waals surface area contributed by atoms with Gasteiger partial charge in [-0.1, -0.05) is 6.07 Å². The number of benzene rings is 2. The maximum absolute atomic E-state index is 10.8. The van der Waals surface area contributed by atoms with Gasteiger partial charge in [0.05, 0.1) is 12.0 Å². The summed E-state index contributed by atoms with van der Waals surface area (Å²) >= 11 is 0. The van der Waals surface area contributed by atoms with Gasteiger partial charge >= 0.3 is 0 Å². The van der Waals surface area contributed by atoms with E-state index in [-0.39, 0.29) is 5.69 Å². The minimum atomic E-state index is -0.409. The highest BCUT2D eigenvalue weighted by molar-refractivity contribution is 5.43. The van der Waals surface area contributed by atoms with Gasteiger partial charge in [-0.2, -0.15) is 0 Å². The van der Waals surface area contributed by atoms with Crippen molar-refractivity contribution < 1.29 is 14.4 Å². The Morgan fingerprint density at radius 1 is 0.848 bits per heavy atom. The predicted octanol–water partition coefficient (Wildman–Crippen LogP) is 3.90. The molecule has 0 amide bonds. The van der Waals surface area contributed by atoms with Crippen molar-refractivity contribution in [3.05, 3.63) is 93.8 Å². The quantitative estimate of drug-likeness (QED) is 0.363. The summed E-state index contributed by atoms with van der Waals surface area (Å²) in [6.45, 7) is 6.25. The van der Waals surface area contributed by atoms with Crippen molar-refractivity contribution >= 4 is 5.69 Å². The van der Waals surface area contributed by atoms with Crippen molar-refractivity contribution in [1.82, 2.24) is 14.8 Å². The molecular weight excluding hydrogens is 420 g/mol.